The van der Waals surface area contributed by atoms with Gasteiger partial charge in [-0.05, 0) is 68.0 Å². The number of anilines is 1. The van der Waals surface area contributed by atoms with Crippen molar-refractivity contribution < 1.29 is 32.6 Å². The minimum Gasteiger partial charge on any atom is -0.507 e. The Morgan fingerprint density at radius 2 is 1.72 bits per heavy atom. The second-order valence-corrected chi connectivity index (χ2v) is 10.1. The van der Waals surface area contributed by atoms with E-state index >= 15 is 0 Å². The molecule has 0 bridgehead atoms. The van der Waals surface area contributed by atoms with Crippen molar-refractivity contribution in [2.24, 2.45) is 5.92 Å². The van der Waals surface area contributed by atoms with Crippen LogP contribution in [0.3, 0.4) is 0 Å². The van der Waals surface area contributed by atoms with Gasteiger partial charge in [0, 0.05) is 11.8 Å². The van der Waals surface area contributed by atoms with Crippen LogP contribution in [0.1, 0.15) is 36.8 Å². The van der Waals surface area contributed by atoms with Gasteiger partial charge in [0.25, 0.3) is 0 Å². The summed E-state index contributed by atoms with van der Waals surface area (Å²) in [6, 6.07) is 7.40. The number of sulfone groups is 1. The zero-order valence-electron chi connectivity index (χ0n) is 18.3. The van der Waals surface area contributed by atoms with Crippen LogP contribution in [-0.2, 0) is 24.2 Å². The topological polar surface area (TPSA) is 119 Å². The Kier molecular flexibility index (Phi) is 7.08. The molecule has 172 valence electrons. The Labute approximate surface area is 187 Å². The first-order valence-corrected chi connectivity index (χ1v) is 12.0. The monoisotopic (exact) mass is 461 g/mol. The van der Waals surface area contributed by atoms with Crippen molar-refractivity contribution in [3.8, 4) is 17.2 Å². The lowest BCUT2D eigenvalue weighted by Crippen LogP contribution is -2.23. The second-order valence-electron chi connectivity index (χ2n) is 8.05. The van der Waals surface area contributed by atoms with E-state index in [0.717, 1.165) is 32.8 Å². The van der Waals surface area contributed by atoms with Crippen LogP contribution in [0.4, 0.5) is 5.69 Å². The fraction of sp³-hybridized carbons (Fsp3) is 0.391. The van der Waals surface area contributed by atoms with Crippen LogP contribution in [0.2, 0.25) is 0 Å². The van der Waals surface area contributed by atoms with Gasteiger partial charge in [-0.2, -0.15) is 0 Å². The summed E-state index contributed by atoms with van der Waals surface area (Å²) in [5, 5.41) is 12.6. The Balaban J connectivity index is 1.83. The first-order chi connectivity index (χ1) is 15.1. The lowest BCUT2D eigenvalue weighted by atomic mass is 10.1. The molecule has 32 heavy (non-hydrogen) atoms. The normalized spacial score (nSPS) is 14.2. The SMILES string of the molecule is COC(=O)C(=O)Nc1cc(C)c(Oc2ccc(O)c(S(=O)(=O)CC3CCCC3)c2)c(C)c1. The molecule has 1 amide bonds. The highest BCUT2D eigenvalue weighted by atomic mass is 32.2. The number of carbonyl (C=O) groups excluding carboxylic acids is 2. The first-order valence-electron chi connectivity index (χ1n) is 10.3. The fourth-order valence-electron chi connectivity index (χ4n) is 3.96. The van der Waals surface area contributed by atoms with E-state index in [1.54, 1.807) is 26.0 Å². The molecule has 2 aromatic carbocycles. The third kappa shape index (κ3) is 5.40. The molecule has 0 saturated heterocycles. The molecule has 0 radical (unpaired) electrons. The summed E-state index contributed by atoms with van der Waals surface area (Å²) in [7, 11) is -2.54. The second kappa shape index (κ2) is 9.60. The van der Waals surface area contributed by atoms with E-state index in [4.69, 9.17) is 4.74 Å². The van der Waals surface area contributed by atoms with Gasteiger partial charge in [0.1, 0.15) is 22.1 Å². The van der Waals surface area contributed by atoms with Crippen molar-refractivity contribution in [2.45, 2.75) is 44.4 Å². The largest absolute Gasteiger partial charge is 0.507 e. The van der Waals surface area contributed by atoms with Gasteiger partial charge in [-0.3, -0.25) is 4.79 Å². The van der Waals surface area contributed by atoms with Crippen LogP contribution in [0, 0.1) is 19.8 Å². The van der Waals surface area contributed by atoms with Gasteiger partial charge in [0.15, 0.2) is 9.84 Å². The van der Waals surface area contributed by atoms with Gasteiger partial charge in [-0.1, -0.05) is 12.8 Å². The lowest BCUT2D eigenvalue weighted by molar-refractivity contribution is -0.150. The van der Waals surface area contributed by atoms with Gasteiger partial charge >= 0.3 is 11.9 Å². The number of phenolic OH excluding ortho intramolecular Hbond substituents is 1. The third-order valence-corrected chi connectivity index (χ3v) is 7.41. The first kappa shape index (κ1) is 23.6. The molecule has 1 aliphatic rings. The van der Waals surface area contributed by atoms with E-state index in [1.165, 1.54) is 18.2 Å². The maximum atomic E-state index is 12.9. The number of aryl methyl sites for hydroxylation is 2. The van der Waals surface area contributed by atoms with Crippen molar-refractivity contribution in [1.29, 1.82) is 0 Å². The van der Waals surface area contributed by atoms with E-state index in [0.29, 0.717) is 22.6 Å². The molecule has 0 spiro atoms. The molecule has 9 heteroatoms. The molecule has 3 rings (SSSR count). The summed E-state index contributed by atoms with van der Waals surface area (Å²) < 4.78 is 36.1. The predicted octanol–water partition coefficient (Wildman–Crippen LogP) is 3.88. The lowest BCUT2D eigenvalue weighted by Gasteiger charge is -2.16. The summed E-state index contributed by atoms with van der Waals surface area (Å²) in [5.74, 6) is -1.33. The van der Waals surface area contributed by atoms with Gasteiger partial charge in [-0.25, -0.2) is 13.2 Å². The number of hydrogen-bond acceptors (Lipinski definition) is 7. The number of aromatic hydroxyl groups is 1. The number of amides is 1. The van der Waals surface area contributed by atoms with Gasteiger partial charge in [-0.15, -0.1) is 0 Å². The van der Waals surface area contributed by atoms with Gasteiger partial charge < -0.3 is 19.9 Å². The van der Waals surface area contributed by atoms with E-state index in [-0.39, 0.29) is 28.1 Å². The minimum absolute atomic E-state index is 0.0106. The Bertz CT molecular complexity index is 1110. The minimum atomic E-state index is -3.66. The summed E-state index contributed by atoms with van der Waals surface area (Å²) >= 11 is 0. The Morgan fingerprint density at radius 1 is 1.09 bits per heavy atom. The molecule has 0 aromatic heterocycles. The molecule has 0 unspecified atom stereocenters. The van der Waals surface area contributed by atoms with Crippen molar-refractivity contribution in [2.75, 3.05) is 18.2 Å². The van der Waals surface area contributed by atoms with Crippen LogP contribution in [0.5, 0.6) is 17.2 Å². The van der Waals surface area contributed by atoms with Crippen LogP contribution < -0.4 is 10.1 Å². The molecule has 1 saturated carbocycles. The van der Waals surface area contributed by atoms with Crippen molar-refractivity contribution in [1.82, 2.24) is 0 Å². The van der Waals surface area contributed by atoms with Crippen LogP contribution in [0.25, 0.3) is 0 Å². The standard InChI is InChI=1S/C23H27NO7S/c1-14-10-17(24-22(26)23(27)30-3)11-15(2)21(14)31-18-8-9-19(25)20(12-18)32(28,29)13-16-6-4-5-7-16/h8-12,16,25H,4-7,13H2,1-3H3,(H,24,26). The Morgan fingerprint density at radius 3 is 2.31 bits per heavy atom. The number of carbonyl (C=O) groups is 2. The fourth-order valence-corrected chi connectivity index (χ4v) is 5.78. The van der Waals surface area contributed by atoms with E-state index in [1.807, 2.05) is 0 Å². The van der Waals surface area contributed by atoms with Gasteiger partial charge in [0.05, 0.1) is 12.9 Å². The number of hydrogen-bond donors (Lipinski definition) is 2. The molecular weight excluding hydrogens is 434 g/mol. The summed E-state index contributed by atoms with van der Waals surface area (Å²) in [5.41, 5.74) is 1.72. The van der Waals surface area contributed by atoms with E-state index in [2.05, 4.69) is 10.1 Å². The highest BCUT2D eigenvalue weighted by Crippen LogP contribution is 2.36. The molecule has 8 nitrogen and oxygen atoms in total. The van der Waals surface area contributed by atoms with E-state index < -0.39 is 21.7 Å². The number of esters is 1. The number of methoxy groups -OCH3 is 1. The number of benzene rings is 2. The number of phenols is 1. The number of rotatable bonds is 6. The molecular formula is C23H27NO7S. The summed E-state index contributed by atoms with van der Waals surface area (Å²) in [6.45, 7) is 3.52. The maximum absolute atomic E-state index is 12.9. The molecule has 1 aliphatic carbocycles. The van der Waals surface area contributed by atoms with Crippen LogP contribution in [-0.4, -0.2) is 38.3 Å². The van der Waals surface area contributed by atoms with Gasteiger partial charge in [0.2, 0.25) is 0 Å². The molecule has 1 fully saturated rings. The number of ether oxygens (including phenoxy) is 2. The zero-order chi connectivity index (χ0) is 23.5. The summed E-state index contributed by atoms with van der Waals surface area (Å²) in [4.78, 5) is 22.9. The average Bonchev–Trinajstić information content (AvgIpc) is 3.23. The molecule has 0 heterocycles. The highest BCUT2D eigenvalue weighted by molar-refractivity contribution is 7.91. The van der Waals surface area contributed by atoms with Crippen LogP contribution in [0.15, 0.2) is 35.2 Å². The maximum Gasteiger partial charge on any atom is 0.396 e. The third-order valence-electron chi connectivity index (χ3n) is 5.51. The predicted molar refractivity (Wildman–Crippen MR) is 119 cm³/mol. The van der Waals surface area contributed by atoms with E-state index in [9.17, 15) is 23.1 Å². The van der Waals surface area contributed by atoms with Crippen molar-refractivity contribution in [3.63, 3.8) is 0 Å². The zero-order valence-corrected chi connectivity index (χ0v) is 19.1. The average molecular weight is 462 g/mol. The smallest absolute Gasteiger partial charge is 0.396 e. The molecule has 2 N–H and O–H groups in total. The van der Waals surface area contributed by atoms with Crippen molar-refractivity contribution in [3.05, 3.63) is 41.5 Å². The summed E-state index contributed by atoms with van der Waals surface area (Å²) in [6.07, 6.45) is 3.83. The quantitative estimate of drug-likeness (QED) is 0.495. The molecule has 2 aromatic rings. The Hall–Kier alpha value is -3.07. The van der Waals surface area contributed by atoms with Crippen LogP contribution >= 0.6 is 0 Å². The molecule has 0 atom stereocenters. The molecule has 0 aliphatic heterocycles. The highest BCUT2D eigenvalue weighted by Gasteiger charge is 2.27. The van der Waals surface area contributed by atoms with Crippen molar-refractivity contribution >= 4 is 27.4 Å². The number of nitrogens with one attached hydrogen (secondary N) is 1.